The van der Waals surface area contributed by atoms with Crippen molar-refractivity contribution in [3.05, 3.63) is 34.9 Å². The van der Waals surface area contributed by atoms with E-state index in [4.69, 9.17) is 0 Å². The Morgan fingerprint density at radius 3 is 2.44 bits per heavy atom. The van der Waals surface area contributed by atoms with Crippen molar-refractivity contribution in [1.82, 2.24) is 19.7 Å². The molecule has 1 saturated carbocycles. The van der Waals surface area contributed by atoms with Crippen LogP contribution in [0.3, 0.4) is 0 Å². The number of hydrogen-bond donors (Lipinski definition) is 0. The lowest BCUT2D eigenvalue weighted by molar-refractivity contribution is -0.0457. The van der Waals surface area contributed by atoms with Crippen LogP contribution in [-0.4, -0.2) is 25.7 Å². The largest absolute Gasteiger partial charge is 0.282 e. The number of rotatable bonds is 4. The predicted molar refractivity (Wildman–Crippen MR) is 84.2 cm³/mol. The van der Waals surface area contributed by atoms with Crippen LogP contribution in [0, 0.1) is 19.8 Å². The number of alkyl halides is 4. The SMILES string of the molecule is Cc1cc(CC2CCC(F)(F)CC2)nc(-n2nc(C(F)F)cc2C)n1. The summed E-state index contributed by atoms with van der Waals surface area (Å²) in [6.07, 6.45) is -1.35. The minimum atomic E-state index is -2.66. The Morgan fingerprint density at radius 1 is 1.16 bits per heavy atom. The molecule has 2 heterocycles. The van der Waals surface area contributed by atoms with E-state index in [9.17, 15) is 17.6 Å². The summed E-state index contributed by atoms with van der Waals surface area (Å²) in [4.78, 5) is 8.70. The van der Waals surface area contributed by atoms with E-state index < -0.39 is 12.3 Å². The van der Waals surface area contributed by atoms with Crippen LogP contribution in [0.1, 0.15) is 54.9 Å². The summed E-state index contributed by atoms with van der Waals surface area (Å²) in [5, 5.41) is 3.87. The number of halogens is 4. The molecule has 1 fully saturated rings. The lowest BCUT2D eigenvalue weighted by Gasteiger charge is -2.28. The lowest BCUT2D eigenvalue weighted by Crippen LogP contribution is -2.25. The topological polar surface area (TPSA) is 43.6 Å². The highest BCUT2D eigenvalue weighted by atomic mass is 19.3. The summed E-state index contributed by atoms with van der Waals surface area (Å²) in [6.45, 7) is 3.45. The smallest absolute Gasteiger partial charge is 0.216 e. The van der Waals surface area contributed by atoms with Gasteiger partial charge in [0.05, 0.1) is 0 Å². The first kappa shape index (κ1) is 17.8. The van der Waals surface area contributed by atoms with E-state index in [0.717, 1.165) is 5.69 Å². The lowest BCUT2D eigenvalue weighted by atomic mass is 9.84. The molecule has 1 aliphatic carbocycles. The Balaban J connectivity index is 1.81. The van der Waals surface area contributed by atoms with Crippen molar-refractivity contribution in [3.63, 3.8) is 0 Å². The van der Waals surface area contributed by atoms with E-state index in [2.05, 4.69) is 15.1 Å². The molecule has 2 aromatic heterocycles. The zero-order chi connectivity index (χ0) is 18.2. The highest BCUT2D eigenvalue weighted by molar-refractivity contribution is 5.23. The molecule has 8 heteroatoms. The summed E-state index contributed by atoms with van der Waals surface area (Å²) in [5.41, 5.74) is 1.61. The van der Waals surface area contributed by atoms with Crippen molar-refractivity contribution in [2.24, 2.45) is 5.92 Å². The number of aryl methyl sites for hydroxylation is 2. The molecular weight excluding hydrogens is 336 g/mol. The maximum Gasteiger partial charge on any atom is 0.282 e. The van der Waals surface area contributed by atoms with Crippen molar-refractivity contribution in [2.45, 2.75) is 58.3 Å². The molecule has 2 aromatic rings. The van der Waals surface area contributed by atoms with E-state index >= 15 is 0 Å². The Labute approximate surface area is 143 Å². The van der Waals surface area contributed by atoms with Crippen LogP contribution < -0.4 is 0 Å². The van der Waals surface area contributed by atoms with Gasteiger partial charge in [-0.2, -0.15) is 5.10 Å². The Morgan fingerprint density at radius 2 is 1.84 bits per heavy atom. The summed E-state index contributed by atoms with van der Waals surface area (Å²) in [7, 11) is 0. The molecule has 0 unspecified atom stereocenters. The van der Waals surface area contributed by atoms with E-state index in [1.165, 1.54) is 10.7 Å². The normalized spacial score (nSPS) is 18.0. The quantitative estimate of drug-likeness (QED) is 0.753. The van der Waals surface area contributed by atoms with Crippen molar-refractivity contribution >= 4 is 0 Å². The van der Waals surface area contributed by atoms with Gasteiger partial charge in [-0.3, -0.25) is 0 Å². The highest BCUT2D eigenvalue weighted by Crippen LogP contribution is 2.37. The van der Waals surface area contributed by atoms with Crippen LogP contribution >= 0.6 is 0 Å². The minimum Gasteiger partial charge on any atom is -0.216 e. The molecular formula is C17H20F4N4. The van der Waals surface area contributed by atoms with Gasteiger partial charge in [-0.15, -0.1) is 0 Å². The van der Waals surface area contributed by atoms with Gasteiger partial charge < -0.3 is 0 Å². The summed E-state index contributed by atoms with van der Waals surface area (Å²) in [5.74, 6) is -2.17. The van der Waals surface area contributed by atoms with Gasteiger partial charge in [-0.05, 0) is 51.2 Å². The van der Waals surface area contributed by atoms with E-state index in [-0.39, 0.29) is 30.4 Å². The second kappa shape index (κ2) is 6.72. The molecule has 3 rings (SSSR count). The average molecular weight is 356 g/mol. The van der Waals surface area contributed by atoms with Crippen LogP contribution in [0.2, 0.25) is 0 Å². The van der Waals surface area contributed by atoms with Crippen LogP contribution in [0.15, 0.2) is 12.1 Å². The first-order valence-corrected chi connectivity index (χ1v) is 8.31. The van der Waals surface area contributed by atoms with Gasteiger partial charge in [-0.1, -0.05) is 0 Å². The van der Waals surface area contributed by atoms with Crippen molar-refractivity contribution in [3.8, 4) is 5.95 Å². The van der Waals surface area contributed by atoms with E-state index in [0.29, 0.717) is 30.7 Å². The molecule has 0 saturated heterocycles. The maximum atomic E-state index is 13.3. The second-order valence-corrected chi connectivity index (χ2v) is 6.73. The third-order valence-electron chi connectivity index (χ3n) is 4.55. The van der Waals surface area contributed by atoms with Crippen LogP contribution in [0.5, 0.6) is 0 Å². The number of aromatic nitrogens is 4. The van der Waals surface area contributed by atoms with Gasteiger partial charge in [0.1, 0.15) is 5.69 Å². The molecule has 0 aliphatic heterocycles. The summed E-state index contributed by atoms with van der Waals surface area (Å²) < 4.78 is 53.5. The molecule has 0 aromatic carbocycles. The molecule has 0 atom stereocenters. The highest BCUT2D eigenvalue weighted by Gasteiger charge is 2.35. The monoisotopic (exact) mass is 356 g/mol. The summed E-state index contributed by atoms with van der Waals surface area (Å²) >= 11 is 0. The zero-order valence-corrected chi connectivity index (χ0v) is 14.1. The molecule has 1 aliphatic rings. The maximum absolute atomic E-state index is 13.3. The number of nitrogens with zero attached hydrogens (tertiary/aromatic N) is 4. The molecule has 25 heavy (non-hydrogen) atoms. The standard InChI is InChI=1S/C17H20F4N4/c1-10-7-13(9-12-3-5-17(20,21)6-4-12)23-16(22-10)25-11(2)8-14(24-25)15(18)19/h7-8,12,15H,3-6,9H2,1-2H3. The van der Waals surface area contributed by atoms with Crippen molar-refractivity contribution < 1.29 is 17.6 Å². The van der Waals surface area contributed by atoms with Crippen molar-refractivity contribution in [2.75, 3.05) is 0 Å². The van der Waals surface area contributed by atoms with Crippen molar-refractivity contribution in [1.29, 1.82) is 0 Å². The van der Waals surface area contributed by atoms with Gasteiger partial charge in [-0.25, -0.2) is 32.2 Å². The van der Waals surface area contributed by atoms with Gasteiger partial charge in [0.15, 0.2) is 0 Å². The molecule has 0 spiro atoms. The number of hydrogen-bond acceptors (Lipinski definition) is 3. The fourth-order valence-electron chi connectivity index (χ4n) is 3.22. The fourth-order valence-corrected chi connectivity index (χ4v) is 3.22. The van der Waals surface area contributed by atoms with E-state index in [1.54, 1.807) is 13.8 Å². The zero-order valence-electron chi connectivity index (χ0n) is 14.1. The third-order valence-corrected chi connectivity index (χ3v) is 4.55. The first-order chi connectivity index (χ1) is 11.7. The Bertz CT molecular complexity index is 747. The summed E-state index contributed by atoms with van der Waals surface area (Å²) in [6, 6.07) is 3.11. The molecule has 136 valence electrons. The molecule has 4 nitrogen and oxygen atoms in total. The molecule has 0 radical (unpaired) electrons. The first-order valence-electron chi connectivity index (χ1n) is 8.31. The molecule has 0 amide bonds. The molecule has 0 bridgehead atoms. The fraction of sp³-hybridized carbons (Fsp3) is 0.588. The van der Waals surface area contributed by atoms with Gasteiger partial charge >= 0.3 is 0 Å². The predicted octanol–water partition coefficient (Wildman–Crippen LogP) is 4.58. The van der Waals surface area contributed by atoms with Gasteiger partial charge in [0.25, 0.3) is 12.4 Å². The van der Waals surface area contributed by atoms with Crippen LogP contribution in [0.4, 0.5) is 17.6 Å². The Kier molecular flexibility index (Phi) is 4.79. The van der Waals surface area contributed by atoms with Crippen LogP contribution in [-0.2, 0) is 6.42 Å². The third kappa shape index (κ3) is 4.16. The minimum absolute atomic E-state index is 0.0927. The molecule has 0 N–H and O–H groups in total. The van der Waals surface area contributed by atoms with E-state index in [1.807, 2.05) is 6.07 Å². The van der Waals surface area contributed by atoms with Gasteiger partial charge in [0.2, 0.25) is 5.92 Å². The van der Waals surface area contributed by atoms with Crippen LogP contribution in [0.25, 0.3) is 5.95 Å². The second-order valence-electron chi connectivity index (χ2n) is 6.73. The van der Waals surface area contributed by atoms with Gasteiger partial charge in [0, 0.05) is 29.9 Å². The Hall–Kier alpha value is -1.99. The average Bonchev–Trinajstić information content (AvgIpc) is 2.91.